The van der Waals surface area contributed by atoms with Gasteiger partial charge in [0.2, 0.25) is 0 Å². The Balaban J connectivity index is 3.15. The zero-order chi connectivity index (χ0) is 10.0. The van der Waals surface area contributed by atoms with Crippen molar-refractivity contribution in [1.29, 1.82) is 0 Å². The van der Waals surface area contributed by atoms with E-state index in [2.05, 4.69) is 0 Å². The molecule has 1 aromatic rings. The lowest BCUT2D eigenvalue weighted by Crippen LogP contribution is -2.20. The third kappa shape index (κ3) is 1.91. The summed E-state index contributed by atoms with van der Waals surface area (Å²) in [7, 11) is 0. The Kier molecular flexibility index (Phi) is 2.75. The highest BCUT2D eigenvalue weighted by atomic mass is 16.3. The molecule has 0 amide bonds. The first-order valence-electron chi connectivity index (χ1n) is 4.04. The van der Waals surface area contributed by atoms with Crippen molar-refractivity contribution in [3.05, 3.63) is 23.3 Å². The van der Waals surface area contributed by atoms with Crippen LogP contribution in [0.25, 0.3) is 0 Å². The molecule has 13 heavy (non-hydrogen) atoms. The average molecular weight is 182 g/mol. The molecule has 4 heteroatoms. The van der Waals surface area contributed by atoms with Gasteiger partial charge < -0.3 is 21.7 Å². The van der Waals surface area contributed by atoms with E-state index in [0.29, 0.717) is 11.1 Å². The molecule has 0 bridgehead atoms. The molecule has 0 fully saturated rings. The van der Waals surface area contributed by atoms with Crippen molar-refractivity contribution in [3.63, 3.8) is 0 Å². The zero-order valence-corrected chi connectivity index (χ0v) is 7.49. The van der Waals surface area contributed by atoms with E-state index in [1.54, 1.807) is 6.92 Å². The highest BCUT2D eigenvalue weighted by Gasteiger charge is 2.11. The third-order valence-corrected chi connectivity index (χ3v) is 2.00. The molecule has 0 spiro atoms. The molecular formula is C9H14N2O2. The number of phenols is 2. The van der Waals surface area contributed by atoms with Gasteiger partial charge in [-0.15, -0.1) is 0 Å². The molecule has 0 saturated heterocycles. The molecule has 6 N–H and O–H groups in total. The van der Waals surface area contributed by atoms with Crippen LogP contribution in [0.15, 0.2) is 12.1 Å². The first-order chi connectivity index (χ1) is 6.06. The summed E-state index contributed by atoms with van der Waals surface area (Å²) in [6.07, 6.45) is 0. The van der Waals surface area contributed by atoms with Gasteiger partial charge in [-0.3, -0.25) is 0 Å². The Labute approximate surface area is 76.8 Å². The maximum Gasteiger partial charge on any atom is 0.120 e. The first-order valence-corrected chi connectivity index (χ1v) is 4.04. The summed E-state index contributed by atoms with van der Waals surface area (Å²) in [6.45, 7) is 1.93. The fourth-order valence-electron chi connectivity index (χ4n) is 1.12. The summed E-state index contributed by atoms with van der Waals surface area (Å²) in [4.78, 5) is 0. The van der Waals surface area contributed by atoms with Crippen LogP contribution in [0.1, 0.15) is 17.2 Å². The minimum atomic E-state index is -0.438. The van der Waals surface area contributed by atoms with Gasteiger partial charge in [0.25, 0.3) is 0 Å². The van der Waals surface area contributed by atoms with Crippen LogP contribution in [0.2, 0.25) is 0 Å². The quantitative estimate of drug-likeness (QED) is 0.497. The highest BCUT2D eigenvalue weighted by Crippen LogP contribution is 2.29. The Morgan fingerprint density at radius 3 is 2.46 bits per heavy atom. The van der Waals surface area contributed by atoms with Crippen LogP contribution in [-0.2, 0) is 0 Å². The Morgan fingerprint density at radius 1 is 1.31 bits per heavy atom. The predicted molar refractivity (Wildman–Crippen MR) is 50.5 cm³/mol. The van der Waals surface area contributed by atoms with Crippen molar-refractivity contribution in [2.24, 2.45) is 11.5 Å². The third-order valence-electron chi connectivity index (χ3n) is 2.00. The minimum absolute atomic E-state index is 0.0771. The standard InChI is InChI=1S/C9H14N2O2/c1-5-2-9(13)6(3-8(5)12)7(11)4-10/h2-3,7,12-13H,4,10-11H2,1H3. The maximum absolute atomic E-state index is 9.47. The second kappa shape index (κ2) is 3.64. The maximum atomic E-state index is 9.47. The van der Waals surface area contributed by atoms with Crippen molar-refractivity contribution < 1.29 is 10.2 Å². The van der Waals surface area contributed by atoms with Crippen molar-refractivity contribution in [2.45, 2.75) is 13.0 Å². The first kappa shape index (κ1) is 9.83. The lowest BCUT2D eigenvalue weighted by atomic mass is 10.0. The van der Waals surface area contributed by atoms with Gasteiger partial charge >= 0.3 is 0 Å². The molecule has 0 aliphatic heterocycles. The van der Waals surface area contributed by atoms with Crippen molar-refractivity contribution in [2.75, 3.05) is 6.54 Å². The molecule has 0 saturated carbocycles. The second-order valence-corrected chi connectivity index (χ2v) is 3.04. The van der Waals surface area contributed by atoms with Gasteiger partial charge in [0.05, 0.1) is 0 Å². The zero-order valence-electron chi connectivity index (χ0n) is 7.49. The average Bonchev–Trinajstić information content (AvgIpc) is 2.10. The molecule has 1 unspecified atom stereocenters. The van der Waals surface area contributed by atoms with Crippen LogP contribution >= 0.6 is 0 Å². The minimum Gasteiger partial charge on any atom is -0.508 e. The van der Waals surface area contributed by atoms with Gasteiger partial charge in [0.1, 0.15) is 11.5 Å². The smallest absolute Gasteiger partial charge is 0.120 e. The summed E-state index contributed by atoms with van der Waals surface area (Å²) in [5, 5.41) is 18.8. The topological polar surface area (TPSA) is 92.5 Å². The van der Waals surface area contributed by atoms with E-state index in [9.17, 15) is 10.2 Å². The highest BCUT2D eigenvalue weighted by molar-refractivity contribution is 5.45. The van der Waals surface area contributed by atoms with Crippen molar-refractivity contribution in [1.82, 2.24) is 0 Å². The fraction of sp³-hybridized carbons (Fsp3) is 0.333. The number of rotatable bonds is 2. The summed E-state index contributed by atoms with van der Waals surface area (Å²) in [5.74, 6) is 0.199. The normalized spacial score (nSPS) is 12.8. The molecule has 0 aromatic heterocycles. The molecular weight excluding hydrogens is 168 g/mol. The van der Waals surface area contributed by atoms with E-state index >= 15 is 0 Å². The molecule has 4 nitrogen and oxygen atoms in total. The van der Waals surface area contributed by atoms with Gasteiger partial charge in [-0.05, 0) is 24.6 Å². The van der Waals surface area contributed by atoms with Gasteiger partial charge in [0.15, 0.2) is 0 Å². The number of hydrogen-bond acceptors (Lipinski definition) is 4. The van der Waals surface area contributed by atoms with Crippen molar-refractivity contribution in [3.8, 4) is 11.5 Å². The van der Waals surface area contributed by atoms with Crippen LogP contribution in [-0.4, -0.2) is 16.8 Å². The molecule has 0 heterocycles. The number of phenolic OH excluding ortho intramolecular Hbond substituents is 2. The molecule has 0 radical (unpaired) electrons. The van der Waals surface area contributed by atoms with E-state index in [1.807, 2.05) is 0 Å². The van der Waals surface area contributed by atoms with E-state index in [0.717, 1.165) is 0 Å². The fourth-order valence-corrected chi connectivity index (χ4v) is 1.12. The van der Waals surface area contributed by atoms with Crippen LogP contribution in [0.4, 0.5) is 0 Å². The SMILES string of the molecule is Cc1cc(O)c(C(N)CN)cc1O. The van der Waals surface area contributed by atoms with Gasteiger partial charge in [-0.25, -0.2) is 0 Å². The van der Waals surface area contributed by atoms with E-state index in [4.69, 9.17) is 11.5 Å². The Morgan fingerprint density at radius 2 is 1.92 bits per heavy atom. The summed E-state index contributed by atoms with van der Waals surface area (Å²) < 4.78 is 0. The van der Waals surface area contributed by atoms with E-state index in [1.165, 1.54) is 12.1 Å². The van der Waals surface area contributed by atoms with E-state index < -0.39 is 6.04 Å². The number of aryl methyl sites for hydroxylation is 1. The van der Waals surface area contributed by atoms with Crippen LogP contribution in [0, 0.1) is 6.92 Å². The molecule has 72 valence electrons. The number of hydrogen-bond donors (Lipinski definition) is 4. The van der Waals surface area contributed by atoms with Crippen LogP contribution in [0.3, 0.4) is 0 Å². The monoisotopic (exact) mass is 182 g/mol. The van der Waals surface area contributed by atoms with Gasteiger partial charge in [-0.1, -0.05) is 0 Å². The van der Waals surface area contributed by atoms with Crippen LogP contribution < -0.4 is 11.5 Å². The second-order valence-electron chi connectivity index (χ2n) is 3.04. The molecule has 0 aliphatic carbocycles. The predicted octanol–water partition coefficient (Wildman–Crippen LogP) is 0.365. The van der Waals surface area contributed by atoms with E-state index in [-0.39, 0.29) is 18.0 Å². The lowest BCUT2D eigenvalue weighted by Gasteiger charge is -2.12. The van der Waals surface area contributed by atoms with Gasteiger partial charge in [-0.2, -0.15) is 0 Å². The number of nitrogens with two attached hydrogens (primary N) is 2. The molecule has 1 rings (SSSR count). The number of benzene rings is 1. The molecule has 0 aliphatic rings. The summed E-state index contributed by atoms with van der Waals surface area (Å²) >= 11 is 0. The summed E-state index contributed by atoms with van der Waals surface area (Å²) in [6, 6.07) is 2.48. The molecule has 1 atom stereocenters. The molecule has 1 aromatic carbocycles. The Bertz CT molecular complexity index is 313. The van der Waals surface area contributed by atoms with Gasteiger partial charge in [0, 0.05) is 18.2 Å². The summed E-state index contributed by atoms with van der Waals surface area (Å²) in [5.41, 5.74) is 12.1. The Hall–Kier alpha value is -1.26. The largest absolute Gasteiger partial charge is 0.508 e. The number of aromatic hydroxyl groups is 2. The van der Waals surface area contributed by atoms with Crippen molar-refractivity contribution >= 4 is 0 Å². The lowest BCUT2D eigenvalue weighted by molar-refractivity contribution is 0.446. The van der Waals surface area contributed by atoms with Crippen LogP contribution in [0.5, 0.6) is 11.5 Å².